The first-order chi connectivity index (χ1) is 15.4. The molecule has 5 nitrogen and oxygen atoms in total. The second kappa shape index (κ2) is 9.72. The highest BCUT2D eigenvalue weighted by Crippen LogP contribution is 2.37. The fourth-order valence-electron chi connectivity index (χ4n) is 4.23. The maximum atomic E-state index is 13.0. The summed E-state index contributed by atoms with van der Waals surface area (Å²) in [5, 5.41) is 10.1. The third-order valence-corrected chi connectivity index (χ3v) is 5.96. The van der Waals surface area contributed by atoms with Crippen LogP contribution in [0.5, 0.6) is 5.75 Å². The van der Waals surface area contributed by atoms with E-state index in [1.165, 1.54) is 5.56 Å². The lowest BCUT2D eigenvalue weighted by Crippen LogP contribution is -2.34. The molecule has 4 rings (SSSR count). The molecule has 0 saturated heterocycles. The quantitative estimate of drug-likeness (QED) is 0.557. The smallest absolute Gasteiger partial charge is 0.227 e. The minimum atomic E-state index is -0.331. The van der Waals surface area contributed by atoms with Crippen LogP contribution in [0, 0.1) is 0 Å². The second-order valence-electron chi connectivity index (χ2n) is 8.55. The van der Waals surface area contributed by atoms with Crippen molar-refractivity contribution in [1.29, 1.82) is 0 Å². The molecule has 1 aromatic heterocycles. The number of benzene rings is 2. The Balaban J connectivity index is 1.43. The summed E-state index contributed by atoms with van der Waals surface area (Å²) in [4.78, 5) is 18.7. The van der Waals surface area contributed by atoms with Crippen molar-refractivity contribution < 1.29 is 14.6 Å². The molecule has 6 heteroatoms. The second-order valence-corrected chi connectivity index (χ2v) is 8.99. The zero-order valence-electron chi connectivity index (χ0n) is 18.1. The van der Waals surface area contributed by atoms with E-state index in [-0.39, 0.29) is 24.5 Å². The van der Waals surface area contributed by atoms with Gasteiger partial charge in [-0.25, -0.2) is 0 Å². The number of nitrogens with zero attached hydrogens (tertiary/aromatic N) is 2. The number of ether oxygens (including phenoxy) is 1. The molecular weight excluding hydrogens is 424 g/mol. The monoisotopic (exact) mass is 450 g/mol. The summed E-state index contributed by atoms with van der Waals surface area (Å²) in [6.07, 6.45) is 5.29. The highest BCUT2D eigenvalue weighted by molar-refractivity contribution is 6.30. The van der Waals surface area contributed by atoms with Crippen molar-refractivity contribution >= 4 is 17.5 Å². The largest absolute Gasteiger partial charge is 0.487 e. The number of fused-ring (bicyclic) bond motifs is 1. The maximum Gasteiger partial charge on any atom is 0.227 e. The van der Waals surface area contributed by atoms with E-state index in [2.05, 4.69) is 18.0 Å². The summed E-state index contributed by atoms with van der Waals surface area (Å²) in [6, 6.07) is 17.6. The molecule has 166 valence electrons. The molecule has 2 heterocycles. The molecule has 1 aliphatic heterocycles. The molecule has 1 atom stereocenters. The lowest BCUT2D eigenvalue weighted by molar-refractivity contribution is -0.131. The average Bonchev–Trinajstić information content (AvgIpc) is 3.11. The molecule has 2 aromatic carbocycles. The topological polar surface area (TPSA) is 62.7 Å². The summed E-state index contributed by atoms with van der Waals surface area (Å²) >= 11 is 6.00. The van der Waals surface area contributed by atoms with Gasteiger partial charge in [0.1, 0.15) is 11.4 Å². The van der Waals surface area contributed by atoms with E-state index in [0.717, 1.165) is 40.3 Å². The zero-order valence-corrected chi connectivity index (χ0v) is 18.9. The minimum absolute atomic E-state index is 0.0225. The SMILES string of the molecule is C[C@@]1(Cc2ccc(Cl)cc2)Cc2cc(CC(=O)N(CCO)Cc3cccnc3)ccc2O1. The number of carbonyl (C=O) groups is 1. The van der Waals surface area contributed by atoms with Crippen molar-refractivity contribution in [2.24, 2.45) is 0 Å². The molecule has 0 radical (unpaired) electrons. The summed E-state index contributed by atoms with van der Waals surface area (Å²) in [5.74, 6) is 0.853. The summed E-state index contributed by atoms with van der Waals surface area (Å²) in [7, 11) is 0. The first-order valence-corrected chi connectivity index (χ1v) is 11.1. The lowest BCUT2D eigenvalue weighted by Gasteiger charge is -2.24. The van der Waals surface area contributed by atoms with E-state index >= 15 is 0 Å². The third kappa shape index (κ3) is 5.47. The molecule has 0 aliphatic carbocycles. The highest BCUT2D eigenvalue weighted by atomic mass is 35.5. The van der Waals surface area contributed by atoms with Crippen LogP contribution >= 0.6 is 11.6 Å². The van der Waals surface area contributed by atoms with Gasteiger partial charge in [0.05, 0.1) is 13.0 Å². The van der Waals surface area contributed by atoms with Crippen LogP contribution < -0.4 is 4.74 Å². The van der Waals surface area contributed by atoms with E-state index in [9.17, 15) is 9.90 Å². The Bertz CT molecular complexity index is 1070. The summed E-state index contributed by atoms with van der Waals surface area (Å²) in [5.41, 5.74) is 3.85. The van der Waals surface area contributed by atoms with Crippen LogP contribution in [0.2, 0.25) is 5.02 Å². The van der Waals surface area contributed by atoms with Crippen molar-refractivity contribution in [1.82, 2.24) is 9.88 Å². The molecular formula is C26H27ClN2O3. The Morgan fingerprint density at radius 3 is 2.66 bits per heavy atom. The fraction of sp³-hybridized carbons (Fsp3) is 0.308. The Hall–Kier alpha value is -2.89. The molecule has 0 fully saturated rings. The fourth-order valence-corrected chi connectivity index (χ4v) is 4.35. The van der Waals surface area contributed by atoms with Gasteiger partial charge < -0.3 is 14.7 Å². The molecule has 0 spiro atoms. The van der Waals surface area contributed by atoms with Crippen molar-refractivity contribution in [2.45, 2.75) is 38.3 Å². The number of rotatable bonds is 8. The molecule has 0 unspecified atom stereocenters. The van der Waals surface area contributed by atoms with E-state index < -0.39 is 0 Å². The Labute approximate surface area is 193 Å². The number of aliphatic hydroxyl groups is 1. The zero-order chi connectivity index (χ0) is 22.6. The van der Waals surface area contributed by atoms with Gasteiger partial charge in [-0.3, -0.25) is 9.78 Å². The molecule has 0 saturated carbocycles. The van der Waals surface area contributed by atoms with Crippen LogP contribution in [0.15, 0.2) is 67.0 Å². The molecule has 0 bridgehead atoms. The predicted octanol–water partition coefficient (Wildman–Crippen LogP) is 4.23. The van der Waals surface area contributed by atoms with Crippen molar-refractivity contribution in [3.63, 3.8) is 0 Å². The van der Waals surface area contributed by atoms with Crippen LogP contribution in [0.1, 0.15) is 29.2 Å². The van der Waals surface area contributed by atoms with Gasteiger partial charge >= 0.3 is 0 Å². The van der Waals surface area contributed by atoms with Gasteiger partial charge in [0.15, 0.2) is 0 Å². The molecule has 3 aromatic rings. The van der Waals surface area contributed by atoms with E-state index in [1.54, 1.807) is 17.3 Å². The van der Waals surface area contributed by atoms with E-state index in [1.807, 2.05) is 48.5 Å². The van der Waals surface area contributed by atoms with Gasteiger partial charge in [-0.05, 0) is 53.4 Å². The highest BCUT2D eigenvalue weighted by Gasteiger charge is 2.35. The standard InChI is InChI=1S/C26H27ClN2O3/c1-26(15-19-4-7-23(27)8-5-19)16-22-13-20(6-9-24(22)32-26)14-25(31)29(11-12-30)18-21-3-2-10-28-17-21/h2-10,13,17,30H,11-12,14-16,18H2,1H3/t26-/m1/s1. The molecule has 1 aliphatic rings. The van der Waals surface area contributed by atoms with Crippen molar-refractivity contribution in [3.8, 4) is 5.75 Å². The predicted molar refractivity (Wildman–Crippen MR) is 125 cm³/mol. The molecule has 1 amide bonds. The van der Waals surface area contributed by atoms with Gasteiger partial charge in [-0.2, -0.15) is 0 Å². The Kier molecular flexibility index (Phi) is 6.77. The van der Waals surface area contributed by atoms with Crippen LogP contribution in [-0.2, 0) is 30.6 Å². The Morgan fingerprint density at radius 1 is 1.16 bits per heavy atom. The number of aromatic nitrogens is 1. The molecule has 1 N–H and O–H groups in total. The van der Waals surface area contributed by atoms with Crippen molar-refractivity contribution in [2.75, 3.05) is 13.2 Å². The number of aliphatic hydroxyl groups excluding tert-OH is 1. The van der Waals surface area contributed by atoms with Gasteiger partial charge in [-0.15, -0.1) is 0 Å². The minimum Gasteiger partial charge on any atom is -0.487 e. The number of amides is 1. The van der Waals surface area contributed by atoms with E-state index in [0.29, 0.717) is 13.1 Å². The number of hydrogen-bond donors (Lipinski definition) is 1. The van der Waals surface area contributed by atoms with E-state index in [4.69, 9.17) is 16.3 Å². The first-order valence-electron chi connectivity index (χ1n) is 10.8. The normalized spacial score (nSPS) is 17.0. The summed E-state index contributed by atoms with van der Waals surface area (Å²) in [6.45, 7) is 2.76. The summed E-state index contributed by atoms with van der Waals surface area (Å²) < 4.78 is 6.29. The first kappa shape index (κ1) is 22.3. The number of carbonyl (C=O) groups excluding carboxylic acids is 1. The number of pyridine rings is 1. The number of hydrogen-bond acceptors (Lipinski definition) is 4. The van der Waals surface area contributed by atoms with Gasteiger partial charge in [-0.1, -0.05) is 41.9 Å². The van der Waals surface area contributed by atoms with Crippen LogP contribution in [0.3, 0.4) is 0 Å². The molecule has 32 heavy (non-hydrogen) atoms. The van der Waals surface area contributed by atoms with Gasteiger partial charge in [0, 0.05) is 43.3 Å². The van der Waals surface area contributed by atoms with Crippen LogP contribution in [-0.4, -0.2) is 39.7 Å². The van der Waals surface area contributed by atoms with Crippen LogP contribution in [0.4, 0.5) is 0 Å². The van der Waals surface area contributed by atoms with Crippen LogP contribution in [0.25, 0.3) is 0 Å². The number of halogens is 1. The lowest BCUT2D eigenvalue weighted by atomic mass is 9.91. The van der Waals surface area contributed by atoms with Crippen molar-refractivity contribution in [3.05, 3.63) is 94.3 Å². The average molecular weight is 451 g/mol. The Morgan fingerprint density at radius 2 is 1.94 bits per heavy atom. The van der Waals surface area contributed by atoms with Gasteiger partial charge in [0.2, 0.25) is 5.91 Å². The maximum absolute atomic E-state index is 13.0. The third-order valence-electron chi connectivity index (χ3n) is 5.71. The van der Waals surface area contributed by atoms with Gasteiger partial charge in [0.25, 0.3) is 0 Å².